The highest BCUT2D eigenvalue weighted by molar-refractivity contribution is 5.93. The van der Waals surface area contributed by atoms with Gasteiger partial charge in [-0.15, -0.1) is 5.10 Å². The summed E-state index contributed by atoms with van der Waals surface area (Å²) < 4.78 is 13.1. The van der Waals surface area contributed by atoms with E-state index in [1.54, 1.807) is 6.07 Å². The molecule has 1 aliphatic carbocycles. The number of aromatic nitrogens is 4. The molecule has 1 heterocycles. The van der Waals surface area contributed by atoms with Crippen molar-refractivity contribution in [1.29, 1.82) is 0 Å². The number of halogens is 1. The molecule has 1 saturated carbocycles. The van der Waals surface area contributed by atoms with Crippen molar-refractivity contribution in [3.8, 4) is 0 Å². The Morgan fingerprint density at radius 2 is 2.39 bits per heavy atom. The molecule has 18 heavy (non-hydrogen) atoms. The molecule has 2 N–H and O–H groups in total. The van der Waals surface area contributed by atoms with Gasteiger partial charge in [-0.05, 0) is 35.2 Å². The number of rotatable bonds is 3. The van der Waals surface area contributed by atoms with Crippen molar-refractivity contribution in [1.82, 2.24) is 20.6 Å². The number of nitrogens with zero attached hydrogens (tertiary/aromatic N) is 3. The maximum Gasteiger partial charge on any atom is 0.269 e. The Labute approximate surface area is 102 Å². The van der Waals surface area contributed by atoms with Crippen LogP contribution in [0.3, 0.4) is 0 Å². The summed E-state index contributed by atoms with van der Waals surface area (Å²) >= 11 is 0. The van der Waals surface area contributed by atoms with Gasteiger partial charge in [0.25, 0.3) is 5.95 Å². The molecule has 1 amide bonds. The number of anilines is 1. The lowest BCUT2D eigenvalue weighted by molar-refractivity contribution is -0.117. The Hall–Kier alpha value is -2.31. The van der Waals surface area contributed by atoms with Gasteiger partial charge in [0, 0.05) is 5.92 Å². The third-order valence-corrected chi connectivity index (χ3v) is 2.98. The molecule has 2 aromatic rings. The molecular formula is C11H10FN5O. The first-order chi connectivity index (χ1) is 8.74. The molecule has 1 aliphatic rings. The number of benzene rings is 1. The monoisotopic (exact) mass is 247 g/mol. The summed E-state index contributed by atoms with van der Waals surface area (Å²) in [4.78, 5) is 11.8. The van der Waals surface area contributed by atoms with Crippen LogP contribution >= 0.6 is 0 Å². The van der Waals surface area contributed by atoms with Crippen molar-refractivity contribution in [2.45, 2.75) is 12.3 Å². The van der Waals surface area contributed by atoms with Crippen LogP contribution < -0.4 is 5.32 Å². The highest BCUT2D eigenvalue weighted by Gasteiger charge is 2.44. The smallest absolute Gasteiger partial charge is 0.269 e. The second-order valence-electron chi connectivity index (χ2n) is 4.23. The van der Waals surface area contributed by atoms with Crippen molar-refractivity contribution in [3.05, 3.63) is 35.6 Å². The molecule has 1 aromatic carbocycles. The first-order valence-electron chi connectivity index (χ1n) is 5.54. The van der Waals surface area contributed by atoms with Crippen LogP contribution in [0.1, 0.15) is 17.9 Å². The third kappa shape index (κ3) is 2.06. The van der Waals surface area contributed by atoms with Crippen molar-refractivity contribution in [3.63, 3.8) is 0 Å². The molecular weight excluding hydrogens is 237 g/mol. The van der Waals surface area contributed by atoms with Gasteiger partial charge >= 0.3 is 0 Å². The third-order valence-electron chi connectivity index (χ3n) is 2.98. The van der Waals surface area contributed by atoms with Crippen LogP contribution in [0.25, 0.3) is 0 Å². The molecule has 0 bridgehead atoms. The van der Waals surface area contributed by atoms with E-state index < -0.39 is 0 Å². The minimum atomic E-state index is -0.281. The van der Waals surface area contributed by atoms with Crippen LogP contribution in [0, 0.1) is 11.7 Å². The Morgan fingerprint density at radius 1 is 1.50 bits per heavy atom. The molecule has 0 aliphatic heterocycles. The number of amides is 1. The van der Waals surface area contributed by atoms with Crippen LogP contribution in [-0.4, -0.2) is 26.5 Å². The van der Waals surface area contributed by atoms with Gasteiger partial charge in [-0.25, -0.2) is 4.39 Å². The standard InChI is InChI=1S/C11H10FN5O/c12-7-3-1-2-6(4-7)8-5-9(8)10(18)13-11-14-16-17-15-11/h1-4,8-9H,5H2,(H2,13,14,15,16,17,18). The number of nitrogens with one attached hydrogen (secondary N) is 2. The fraction of sp³-hybridized carbons (Fsp3) is 0.273. The van der Waals surface area contributed by atoms with E-state index >= 15 is 0 Å². The molecule has 1 aromatic heterocycles. The number of aromatic amines is 1. The molecule has 3 rings (SSSR count). The first kappa shape index (κ1) is 10.8. The van der Waals surface area contributed by atoms with Gasteiger partial charge in [0.1, 0.15) is 5.82 Å². The largest absolute Gasteiger partial charge is 0.292 e. The van der Waals surface area contributed by atoms with Gasteiger partial charge in [-0.3, -0.25) is 10.1 Å². The summed E-state index contributed by atoms with van der Waals surface area (Å²) in [5.41, 5.74) is 0.850. The lowest BCUT2D eigenvalue weighted by Gasteiger charge is -2.00. The maximum absolute atomic E-state index is 13.1. The lowest BCUT2D eigenvalue weighted by Crippen LogP contribution is -2.15. The average molecular weight is 247 g/mol. The molecule has 1 fully saturated rings. The first-order valence-corrected chi connectivity index (χ1v) is 5.54. The van der Waals surface area contributed by atoms with E-state index in [1.165, 1.54) is 12.1 Å². The van der Waals surface area contributed by atoms with Crippen molar-refractivity contribution in [2.24, 2.45) is 5.92 Å². The summed E-state index contributed by atoms with van der Waals surface area (Å²) in [6, 6.07) is 6.33. The molecule has 0 spiro atoms. The number of hydrogen-bond donors (Lipinski definition) is 2. The summed E-state index contributed by atoms with van der Waals surface area (Å²) in [5.74, 6) is -0.356. The molecule has 6 nitrogen and oxygen atoms in total. The highest BCUT2D eigenvalue weighted by Crippen LogP contribution is 2.47. The summed E-state index contributed by atoms with van der Waals surface area (Å²) in [7, 11) is 0. The van der Waals surface area contributed by atoms with Gasteiger partial charge in [0.2, 0.25) is 5.91 Å². The zero-order valence-corrected chi connectivity index (χ0v) is 9.30. The van der Waals surface area contributed by atoms with Crippen molar-refractivity contribution in [2.75, 3.05) is 5.32 Å². The van der Waals surface area contributed by atoms with Gasteiger partial charge in [-0.2, -0.15) is 5.21 Å². The van der Waals surface area contributed by atoms with Crippen LogP contribution in [0.4, 0.5) is 10.3 Å². The van der Waals surface area contributed by atoms with E-state index in [0.29, 0.717) is 6.42 Å². The van der Waals surface area contributed by atoms with E-state index in [-0.39, 0.29) is 29.5 Å². The van der Waals surface area contributed by atoms with Crippen molar-refractivity contribution >= 4 is 11.9 Å². The van der Waals surface area contributed by atoms with Crippen molar-refractivity contribution < 1.29 is 9.18 Å². The van der Waals surface area contributed by atoms with Crippen LogP contribution in [0.2, 0.25) is 0 Å². The summed E-state index contributed by atoms with van der Waals surface area (Å²) in [6.07, 6.45) is 0.715. The van der Waals surface area contributed by atoms with Gasteiger partial charge in [0.05, 0.1) is 0 Å². The Bertz CT molecular complexity index is 571. The minimum Gasteiger partial charge on any atom is -0.292 e. The van der Waals surface area contributed by atoms with Crippen LogP contribution in [-0.2, 0) is 4.79 Å². The predicted molar refractivity (Wildman–Crippen MR) is 60.1 cm³/mol. The summed E-state index contributed by atoms with van der Waals surface area (Å²) in [6.45, 7) is 0. The number of tetrazole rings is 1. The quantitative estimate of drug-likeness (QED) is 0.850. The van der Waals surface area contributed by atoms with Gasteiger partial charge in [-0.1, -0.05) is 17.2 Å². The second kappa shape index (κ2) is 4.17. The SMILES string of the molecule is O=C(Nc1nn[nH]n1)C1CC1c1cccc(F)c1. The molecule has 2 unspecified atom stereocenters. The number of hydrogen-bond acceptors (Lipinski definition) is 4. The lowest BCUT2D eigenvalue weighted by atomic mass is 10.1. The van der Waals surface area contributed by atoms with E-state index in [4.69, 9.17) is 0 Å². The van der Waals surface area contributed by atoms with E-state index in [0.717, 1.165) is 5.56 Å². The number of carbonyl (C=O) groups is 1. The average Bonchev–Trinajstić information content (AvgIpc) is 3.01. The Kier molecular flexibility index (Phi) is 2.51. The van der Waals surface area contributed by atoms with Crippen LogP contribution in [0.15, 0.2) is 24.3 Å². The highest BCUT2D eigenvalue weighted by atomic mass is 19.1. The maximum atomic E-state index is 13.1. The van der Waals surface area contributed by atoms with Gasteiger partial charge in [0.15, 0.2) is 0 Å². The molecule has 92 valence electrons. The van der Waals surface area contributed by atoms with E-state index in [2.05, 4.69) is 25.9 Å². The zero-order valence-electron chi connectivity index (χ0n) is 9.30. The Morgan fingerprint density at radius 3 is 3.11 bits per heavy atom. The van der Waals surface area contributed by atoms with E-state index in [1.807, 2.05) is 6.07 Å². The summed E-state index contributed by atoms with van der Waals surface area (Å²) in [5, 5.41) is 15.4. The zero-order chi connectivity index (χ0) is 12.5. The second-order valence-corrected chi connectivity index (χ2v) is 4.23. The Balaban J connectivity index is 1.65. The van der Waals surface area contributed by atoms with Crippen LogP contribution in [0.5, 0.6) is 0 Å². The number of H-pyrrole nitrogens is 1. The number of carbonyl (C=O) groups excluding carboxylic acids is 1. The predicted octanol–water partition coefficient (Wildman–Crippen LogP) is 1.08. The minimum absolute atomic E-state index is 0.0765. The fourth-order valence-corrected chi connectivity index (χ4v) is 2.01. The van der Waals surface area contributed by atoms with Gasteiger partial charge < -0.3 is 0 Å². The normalized spacial score (nSPS) is 21.6. The fourth-order valence-electron chi connectivity index (χ4n) is 2.01. The molecule has 7 heteroatoms. The molecule has 0 radical (unpaired) electrons. The topological polar surface area (TPSA) is 83.6 Å². The molecule has 0 saturated heterocycles. The molecule has 2 atom stereocenters. The van der Waals surface area contributed by atoms with E-state index in [9.17, 15) is 9.18 Å².